The molecule has 1 unspecified atom stereocenters. The quantitative estimate of drug-likeness (QED) is 0.716. The number of rotatable bonds is 3. The third kappa shape index (κ3) is 2.33. The van der Waals surface area contributed by atoms with Crippen molar-refractivity contribution in [1.29, 1.82) is 0 Å². The summed E-state index contributed by atoms with van der Waals surface area (Å²) in [6.07, 6.45) is 3.48. The highest BCUT2D eigenvalue weighted by molar-refractivity contribution is 5.85. The standard InChI is InChI=1S/C12H21NO2/c1-9(2)13(10(3)4)11(14)12(5)6-7-15-8-12/h6-7,9-10H,8H2,1-5H3. The molecule has 0 fully saturated rings. The molecular formula is C12H21NO2. The van der Waals surface area contributed by atoms with Gasteiger partial charge in [-0.1, -0.05) is 0 Å². The van der Waals surface area contributed by atoms with Crippen LogP contribution >= 0.6 is 0 Å². The van der Waals surface area contributed by atoms with Gasteiger partial charge in [0, 0.05) is 12.1 Å². The fourth-order valence-corrected chi connectivity index (χ4v) is 1.96. The van der Waals surface area contributed by atoms with Crippen LogP contribution in [0.4, 0.5) is 0 Å². The van der Waals surface area contributed by atoms with Crippen molar-refractivity contribution in [2.24, 2.45) is 5.41 Å². The molecule has 1 heterocycles. The first kappa shape index (κ1) is 12.1. The highest BCUT2D eigenvalue weighted by Crippen LogP contribution is 2.28. The molecule has 1 rings (SSSR count). The lowest BCUT2D eigenvalue weighted by atomic mass is 9.90. The average molecular weight is 211 g/mol. The highest BCUT2D eigenvalue weighted by Gasteiger charge is 2.39. The molecule has 15 heavy (non-hydrogen) atoms. The van der Waals surface area contributed by atoms with Gasteiger partial charge >= 0.3 is 0 Å². The van der Waals surface area contributed by atoms with Crippen LogP contribution in [0.25, 0.3) is 0 Å². The molecule has 1 aliphatic heterocycles. The van der Waals surface area contributed by atoms with Crippen molar-refractivity contribution in [3.05, 3.63) is 12.3 Å². The zero-order chi connectivity index (χ0) is 11.6. The molecule has 86 valence electrons. The first-order chi connectivity index (χ1) is 6.88. The Labute approximate surface area is 92.1 Å². The van der Waals surface area contributed by atoms with Crippen molar-refractivity contribution >= 4 is 5.91 Å². The normalized spacial score (nSPS) is 24.7. The number of hydrogen-bond donors (Lipinski definition) is 0. The van der Waals surface area contributed by atoms with Crippen LogP contribution in [-0.2, 0) is 9.53 Å². The molecule has 1 amide bonds. The highest BCUT2D eigenvalue weighted by atomic mass is 16.5. The fraction of sp³-hybridized carbons (Fsp3) is 0.750. The first-order valence-electron chi connectivity index (χ1n) is 5.50. The van der Waals surface area contributed by atoms with E-state index < -0.39 is 5.41 Å². The summed E-state index contributed by atoms with van der Waals surface area (Å²) in [5.74, 6) is 0.154. The van der Waals surface area contributed by atoms with Crippen molar-refractivity contribution in [3.8, 4) is 0 Å². The van der Waals surface area contributed by atoms with E-state index in [1.807, 2.05) is 45.6 Å². The molecule has 1 aliphatic rings. The number of hydrogen-bond acceptors (Lipinski definition) is 2. The van der Waals surface area contributed by atoms with Gasteiger partial charge in [-0.25, -0.2) is 0 Å². The Morgan fingerprint density at radius 3 is 2.20 bits per heavy atom. The van der Waals surface area contributed by atoms with Crippen molar-refractivity contribution in [1.82, 2.24) is 4.90 Å². The first-order valence-corrected chi connectivity index (χ1v) is 5.50. The second kappa shape index (κ2) is 4.25. The van der Waals surface area contributed by atoms with E-state index in [0.717, 1.165) is 0 Å². The second-order valence-corrected chi connectivity index (χ2v) is 4.93. The molecular weight excluding hydrogens is 190 g/mol. The van der Waals surface area contributed by atoms with Gasteiger partial charge in [-0.05, 0) is 40.7 Å². The Balaban J connectivity index is 2.85. The van der Waals surface area contributed by atoms with Gasteiger partial charge in [-0.3, -0.25) is 4.79 Å². The number of ether oxygens (including phenoxy) is 1. The Kier molecular flexibility index (Phi) is 3.42. The summed E-state index contributed by atoms with van der Waals surface area (Å²) in [6.45, 7) is 10.6. The predicted molar refractivity (Wildman–Crippen MR) is 60.3 cm³/mol. The Morgan fingerprint density at radius 2 is 1.87 bits per heavy atom. The Morgan fingerprint density at radius 1 is 1.33 bits per heavy atom. The van der Waals surface area contributed by atoms with Crippen LogP contribution in [0.5, 0.6) is 0 Å². The number of nitrogens with zero attached hydrogens (tertiary/aromatic N) is 1. The Hall–Kier alpha value is -0.990. The minimum Gasteiger partial charge on any atom is -0.500 e. The monoisotopic (exact) mass is 211 g/mol. The predicted octanol–water partition coefficient (Wildman–Crippen LogP) is 2.18. The van der Waals surface area contributed by atoms with E-state index >= 15 is 0 Å². The third-order valence-electron chi connectivity index (χ3n) is 2.75. The summed E-state index contributed by atoms with van der Waals surface area (Å²) in [6, 6.07) is 0.451. The fourth-order valence-electron chi connectivity index (χ4n) is 1.96. The molecule has 0 N–H and O–H groups in total. The maximum absolute atomic E-state index is 12.3. The van der Waals surface area contributed by atoms with Crippen LogP contribution in [0, 0.1) is 5.41 Å². The number of carbonyl (C=O) groups excluding carboxylic acids is 1. The van der Waals surface area contributed by atoms with E-state index in [-0.39, 0.29) is 18.0 Å². The zero-order valence-corrected chi connectivity index (χ0v) is 10.3. The number of carbonyl (C=O) groups is 1. The molecule has 0 saturated heterocycles. The molecule has 0 spiro atoms. The summed E-state index contributed by atoms with van der Waals surface area (Å²) in [5.41, 5.74) is -0.478. The molecule has 1 atom stereocenters. The van der Waals surface area contributed by atoms with Crippen molar-refractivity contribution in [2.75, 3.05) is 6.61 Å². The Bertz CT molecular complexity index is 263. The number of amides is 1. The molecule has 0 aromatic carbocycles. The van der Waals surface area contributed by atoms with E-state index in [1.165, 1.54) is 0 Å². The lowest BCUT2D eigenvalue weighted by Crippen LogP contribution is -2.49. The van der Waals surface area contributed by atoms with Crippen LogP contribution in [0.15, 0.2) is 12.3 Å². The minimum absolute atomic E-state index is 0.154. The van der Waals surface area contributed by atoms with Crippen LogP contribution in [-0.4, -0.2) is 29.5 Å². The lowest BCUT2D eigenvalue weighted by Gasteiger charge is -2.36. The average Bonchev–Trinajstić information content (AvgIpc) is 2.52. The molecule has 0 saturated carbocycles. The van der Waals surface area contributed by atoms with Crippen LogP contribution in [0.3, 0.4) is 0 Å². The van der Waals surface area contributed by atoms with Crippen LogP contribution < -0.4 is 0 Å². The van der Waals surface area contributed by atoms with Gasteiger partial charge in [0.2, 0.25) is 5.91 Å². The summed E-state index contributed by atoms with van der Waals surface area (Å²) in [7, 11) is 0. The molecule has 0 aromatic heterocycles. The van der Waals surface area contributed by atoms with Gasteiger partial charge in [0.1, 0.15) is 12.0 Å². The van der Waals surface area contributed by atoms with Gasteiger partial charge in [-0.15, -0.1) is 0 Å². The summed E-state index contributed by atoms with van der Waals surface area (Å²) in [4.78, 5) is 14.3. The van der Waals surface area contributed by atoms with Gasteiger partial charge < -0.3 is 9.64 Å². The molecule has 0 radical (unpaired) electrons. The molecule has 0 bridgehead atoms. The van der Waals surface area contributed by atoms with Gasteiger partial charge in [0.05, 0.1) is 6.26 Å². The largest absolute Gasteiger partial charge is 0.500 e. The maximum Gasteiger partial charge on any atom is 0.236 e. The molecule has 0 aliphatic carbocycles. The summed E-state index contributed by atoms with van der Waals surface area (Å²) < 4.78 is 5.16. The van der Waals surface area contributed by atoms with Gasteiger partial charge in [0.25, 0.3) is 0 Å². The third-order valence-corrected chi connectivity index (χ3v) is 2.75. The van der Waals surface area contributed by atoms with E-state index in [2.05, 4.69) is 0 Å². The van der Waals surface area contributed by atoms with Crippen LogP contribution in [0.1, 0.15) is 34.6 Å². The summed E-state index contributed by atoms with van der Waals surface area (Å²) in [5, 5.41) is 0. The van der Waals surface area contributed by atoms with Crippen molar-refractivity contribution in [2.45, 2.75) is 46.7 Å². The van der Waals surface area contributed by atoms with E-state index in [0.29, 0.717) is 6.61 Å². The van der Waals surface area contributed by atoms with E-state index in [9.17, 15) is 4.79 Å². The zero-order valence-electron chi connectivity index (χ0n) is 10.3. The van der Waals surface area contributed by atoms with E-state index in [4.69, 9.17) is 4.74 Å². The van der Waals surface area contributed by atoms with Gasteiger partial charge in [0.15, 0.2) is 0 Å². The minimum atomic E-state index is -0.478. The topological polar surface area (TPSA) is 29.5 Å². The SMILES string of the molecule is CC(C)N(C(=O)C1(C)C=COC1)C(C)C. The maximum atomic E-state index is 12.3. The van der Waals surface area contributed by atoms with Crippen molar-refractivity contribution in [3.63, 3.8) is 0 Å². The smallest absolute Gasteiger partial charge is 0.236 e. The second-order valence-electron chi connectivity index (χ2n) is 4.93. The molecule has 3 nitrogen and oxygen atoms in total. The van der Waals surface area contributed by atoms with Crippen LogP contribution in [0.2, 0.25) is 0 Å². The van der Waals surface area contributed by atoms with Crippen molar-refractivity contribution < 1.29 is 9.53 Å². The molecule has 3 heteroatoms. The van der Waals surface area contributed by atoms with E-state index in [1.54, 1.807) is 6.26 Å². The summed E-state index contributed by atoms with van der Waals surface area (Å²) >= 11 is 0. The van der Waals surface area contributed by atoms with Gasteiger partial charge in [-0.2, -0.15) is 0 Å². The molecule has 0 aromatic rings. The lowest BCUT2D eigenvalue weighted by molar-refractivity contribution is -0.143.